The summed E-state index contributed by atoms with van der Waals surface area (Å²) in [5, 5.41) is 55.0. The summed E-state index contributed by atoms with van der Waals surface area (Å²) < 4.78 is 0. The number of hydrogen-bond acceptors (Lipinski definition) is 5. The molecule has 0 aliphatic heterocycles. The van der Waals surface area contributed by atoms with Crippen LogP contribution in [0.2, 0.25) is 0 Å². The lowest BCUT2D eigenvalue weighted by atomic mass is 9.93. The molecule has 0 aliphatic rings. The molecule has 5 heteroatoms. The van der Waals surface area contributed by atoms with Crippen molar-refractivity contribution < 1.29 is 25.5 Å². The summed E-state index contributed by atoms with van der Waals surface area (Å²) in [4.78, 5) is 0. The van der Waals surface area contributed by atoms with Crippen LogP contribution in [0.15, 0.2) is 72.8 Å². The maximum atomic E-state index is 11.1. The van der Waals surface area contributed by atoms with Crippen molar-refractivity contribution in [1.29, 1.82) is 0 Å². The number of aromatic hydroxyl groups is 5. The SMILES string of the molecule is Cc1cc(Cc2ccc3c(O)cccc3c2O)c(O)c(Cc2ccc3c(O)cccc3c2O)c1. The summed E-state index contributed by atoms with van der Waals surface area (Å²) in [5.74, 6) is 0.453. The molecule has 0 atom stereocenters. The summed E-state index contributed by atoms with van der Waals surface area (Å²) in [6, 6.07) is 20.8. The summed E-state index contributed by atoms with van der Waals surface area (Å²) in [6.45, 7) is 1.93. The zero-order valence-corrected chi connectivity index (χ0v) is 18.6. The Hall–Kier alpha value is -4.38. The Morgan fingerprint density at radius 1 is 0.471 bits per heavy atom. The molecule has 0 heterocycles. The van der Waals surface area contributed by atoms with E-state index in [4.69, 9.17) is 0 Å². The molecule has 5 rings (SSSR count). The summed E-state index contributed by atoms with van der Waals surface area (Å²) in [5.41, 5.74) is 3.52. The van der Waals surface area contributed by atoms with Gasteiger partial charge in [0.1, 0.15) is 28.7 Å². The number of aryl methyl sites for hydroxylation is 1. The minimum atomic E-state index is 0.0721. The Morgan fingerprint density at radius 2 is 0.912 bits per heavy atom. The van der Waals surface area contributed by atoms with E-state index in [1.54, 1.807) is 60.7 Å². The van der Waals surface area contributed by atoms with Crippen LogP contribution in [-0.4, -0.2) is 25.5 Å². The normalized spacial score (nSPS) is 11.3. The van der Waals surface area contributed by atoms with Gasteiger partial charge in [-0.15, -0.1) is 0 Å². The van der Waals surface area contributed by atoms with Crippen molar-refractivity contribution in [3.05, 3.63) is 101 Å². The fraction of sp³-hybridized carbons (Fsp3) is 0.103. The maximum Gasteiger partial charge on any atom is 0.127 e. The smallest absolute Gasteiger partial charge is 0.127 e. The molecule has 34 heavy (non-hydrogen) atoms. The molecule has 0 unspecified atom stereocenters. The molecule has 5 aromatic rings. The third-order valence-corrected chi connectivity index (χ3v) is 6.36. The highest BCUT2D eigenvalue weighted by Crippen LogP contribution is 2.38. The lowest BCUT2D eigenvalue weighted by Gasteiger charge is -2.15. The van der Waals surface area contributed by atoms with E-state index >= 15 is 0 Å². The van der Waals surface area contributed by atoms with Gasteiger partial charge in [0.2, 0.25) is 0 Å². The van der Waals surface area contributed by atoms with Gasteiger partial charge < -0.3 is 25.5 Å². The van der Waals surface area contributed by atoms with Gasteiger partial charge in [-0.25, -0.2) is 0 Å². The summed E-state index contributed by atoms with van der Waals surface area (Å²) in [6.07, 6.45) is 0.602. The Balaban J connectivity index is 1.53. The average Bonchev–Trinajstić information content (AvgIpc) is 2.81. The largest absolute Gasteiger partial charge is 0.507 e. The van der Waals surface area contributed by atoms with E-state index < -0.39 is 0 Å². The summed E-state index contributed by atoms with van der Waals surface area (Å²) >= 11 is 0. The van der Waals surface area contributed by atoms with Gasteiger partial charge >= 0.3 is 0 Å². The molecule has 0 aromatic heterocycles. The molecule has 170 valence electrons. The molecule has 5 nitrogen and oxygen atoms in total. The minimum absolute atomic E-state index is 0.0721. The molecule has 0 amide bonds. The average molecular weight is 453 g/mol. The van der Waals surface area contributed by atoms with Crippen LogP contribution in [0.4, 0.5) is 0 Å². The van der Waals surface area contributed by atoms with Crippen molar-refractivity contribution in [3.63, 3.8) is 0 Å². The van der Waals surface area contributed by atoms with Crippen molar-refractivity contribution >= 4 is 21.5 Å². The lowest BCUT2D eigenvalue weighted by Crippen LogP contribution is -1.97. The van der Waals surface area contributed by atoms with Crippen molar-refractivity contribution in [2.45, 2.75) is 19.8 Å². The van der Waals surface area contributed by atoms with Gasteiger partial charge in [0.05, 0.1) is 0 Å². The first-order valence-electron chi connectivity index (χ1n) is 11.0. The Labute approximate surface area is 196 Å². The zero-order valence-electron chi connectivity index (χ0n) is 18.6. The van der Waals surface area contributed by atoms with Gasteiger partial charge in [-0.3, -0.25) is 0 Å². The Morgan fingerprint density at radius 3 is 1.35 bits per heavy atom. The second-order valence-corrected chi connectivity index (χ2v) is 8.68. The van der Waals surface area contributed by atoms with Gasteiger partial charge in [0.25, 0.3) is 0 Å². The molecule has 0 saturated heterocycles. The van der Waals surface area contributed by atoms with Gasteiger partial charge in [0.15, 0.2) is 0 Å². The first-order chi connectivity index (χ1) is 16.3. The molecule has 0 fully saturated rings. The van der Waals surface area contributed by atoms with Gasteiger partial charge in [-0.1, -0.05) is 66.2 Å². The number of phenols is 5. The predicted octanol–water partition coefficient (Wildman–Crippen LogP) is 6.01. The van der Waals surface area contributed by atoms with E-state index in [2.05, 4.69) is 0 Å². The van der Waals surface area contributed by atoms with E-state index in [0.29, 0.717) is 56.6 Å². The number of benzene rings is 5. The second-order valence-electron chi connectivity index (χ2n) is 8.68. The van der Waals surface area contributed by atoms with Crippen LogP contribution in [0.5, 0.6) is 28.7 Å². The first-order valence-corrected chi connectivity index (χ1v) is 11.0. The molecule has 0 radical (unpaired) electrons. The fourth-order valence-corrected chi connectivity index (χ4v) is 4.64. The molecule has 0 bridgehead atoms. The van der Waals surface area contributed by atoms with E-state index in [9.17, 15) is 25.5 Å². The van der Waals surface area contributed by atoms with Crippen LogP contribution in [0.3, 0.4) is 0 Å². The first kappa shape index (κ1) is 21.5. The highest BCUT2D eigenvalue weighted by molar-refractivity contribution is 5.94. The van der Waals surface area contributed by atoms with Crippen molar-refractivity contribution in [3.8, 4) is 28.7 Å². The standard InChI is InChI=1S/C29H24O5/c1-16-12-19(14-17-8-10-21-23(28(17)33)4-2-6-25(21)30)27(32)20(13-16)15-18-9-11-22-24(29(18)34)5-3-7-26(22)31/h2-13,30-34H,14-15H2,1H3. The monoisotopic (exact) mass is 452 g/mol. The van der Waals surface area contributed by atoms with Crippen molar-refractivity contribution in [2.75, 3.05) is 0 Å². The van der Waals surface area contributed by atoms with Crippen LogP contribution in [0.1, 0.15) is 27.8 Å². The summed E-state index contributed by atoms with van der Waals surface area (Å²) in [7, 11) is 0. The third kappa shape index (κ3) is 3.61. The van der Waals surface area contributed by atoms with E-state index in [1.165, 1.54) is 0 Å². The van der Waals surface area contributed by atoms with Crippen LogP contribution in [-0.2, 0) is 12.8 Å². The van der Waals surface area contributed by atoms with Gasteiger partial charge in [-0.05, 0) is 41.3 Å². The van der Waals surface area contributed by atoms with Crippen LogP contribution in [0, 0.1) is 6.92 Å². The Kier molecular flexibility index (Phi) is 5.17. The third-order valence-electron chi connectivity index (χ3n) is 6.36. The minimum Gasteiger partial charge on any atom is -0.507 e. The van der Waals surface area contributed by atoms with E-state index in [1.807, 2.05) is 19.1 Å². The molecule has 5 aromatic carbocycles. The number of fused-ring (bicyclic) bond motifs is 2. The van der Waals surface area contributed by atoms with Crippen molar-refractivity contribution in [2.24, 2.45) is 0 Å². The van der Waals surface area contributed by atoms with Crippen LogP contribution >= 0.6 is 0 Å². The zero-order chi connectivity index (χ0) is 24.0. The topological polar surface area (TPSA) is 101 Å². The molecule has 0 aliphatic carbocycles. The highest BCUT2D eigenvalue weighted by Gasteiger charge is 2.16. The quantitative estimate of drug-likeness (QED) is 0.230. The second kappa shape index (κ2) is 8.19. The Bertz CT molecular complexity index is 1450. The molecular formula is C29H24O5. The molecular weight excluding hydrogens is 428 g/mol. The van der Waals surface area contributed by atoms with Crippen molar-refractivity contribution in [1.82, 2.24) is 0 Å². The molecule has 5 N–H and O–H groups in total. The number of phenolic OH excluding ortho intramolecular Hbond substituents is 5. The number of hydrogen-bond donors (Lipinski definition) is 5. The van der Waals surface area contributed by atoms with E-state index in [-0.39, 0.29) is 28.7 Å². The van der Waals surface area contributed by atoms with Crippen LogP contribution in [0.25, 0.3) is 21.5 Å². The lowest BCUT2D eigenvalue weighted by molar-refractivity contribution is 0.458. The van der Waals surface area contributed by atoms with E-state index in [0.717, 1.165) is 5.56 Å². The maximum absolute atomic E-state index is 11.1. The molecule has 0 spiro atoms. The fourth-order valence-electron chi connectivity index (χ4n) is 4.64. The predicted molar refractivity (Wildman–Crippen MR) is 133 cm³/mol. The van der Waals surface area contributed by atoms with Gasteiger partial charge in [0, 0.05) is 34.4 Å². The molecule has 0 saturated carbocycles. The highest BCUT2D eigenvalue weighted by atomic mass is 16.3. The number of rotatable bonds is 4. The van der Waals surface area contributed by atoms with Crippen LogP contribution < -0.4 is 0 Å². The van der Waals surface area contributed by atoms with Gasteiger partial charge in [-0.2, -0.15) is 0 Å².